The minimum absolute atomic E-state index is 0.00901. The first-order chi connectivity index (χ1) is 9.88. The first kappa shape index (κ1) is 15.8. The van der Waals surface area contributed by atoms with E-state index in [2.05, 4.69) is 21.2 Å². The summed E-state index contributed by atoms with van der Waals surface area (Å²) < 4.78 is 0.636. The highest BCUT2D eigenvalue weighted by molar-refractivity contribution is 9.10. The molecular weight excluding hydrogens is 383 g/mol. The highest BCUT2D eigenvalue weighted by atomic mass is 79.9. The number of hydrogen-bond acceptors (Lipinski definition) is 3. The minimum Gasteiger partial charge on any atom is -0.322 e. The van der Waals surface area contributed by atoms with E-state index in [1.807, 2.05) is 0 Å². The summed E-state index contributed by atoms with van der Waals surface area (Å²) in [4.78, 5) is 22.1. The van der Waals surface area contributed by atoms with Crippen molar-refractivity contribution in [3.63, 3.8) is 0 Å². The van der Waals surface area contributed by atoms with Crippen molar-refractivity contribution < 1.29 is 9.72 Å². The van der Waals surface area contributed by atoms with E-state index in [1.165, 1.54) is 12.1 Å². The molecule has 0 heterocycles. The van der Waals surface area contributed by atoms with Gasteiger partial charge in [-0.15, -0.1) is 0 Å². The molecule has 0 aliphatic heterocycles. The van der Waals surface area contributed by atoms with Gasteiger partial charge >= 0.3 is 0 Å². The molecule has 0 saturated heterocycles. The van der Waals surface area contributed by atoms with E-state index in [9.17, 15) is 14.9 Å². The molecule has 1 N–H and O–H groups in total. The Balaban J connectivity index is 2.24. The Bertz CT molecular complexity index is 737. The SMILES string of the molecule is O=C(Nc1ccc(Cl)c(Br)c1)c1ccc([N+](=O)[O-])cc1Cl. The van der Waals surface area contributed by atoms with E-state index in [1.54, 1.807) is 18.2 Å². The Hall–Kier alpha value is -1.63. The average molecular weight is 390 g/mol. The van der Waals surface area contributed by atoms with Gasteiger partial charge in [0.05, 0.1) is 20.5 Å². The molecule has 108 valence electrons. The van der Waals surface area contributed by atoms with Gasteiger partial charge in [-0.3, -0.25) is 14.9 Å². The predicted molar refractivity (Wildman–Crippen MR) is 85.2 cm³/mol. The molecular formula is C13H7BrCl2N2O3. The first-order valence-electron chi connectivity index (χ1n) is 5.59. The molecule has 0 aromatic heterocycles. The van der Waals surface area contributed by atoms with Crippen molar-refractivity contribution in [2.24, 2.45) is 0 Å². The number of amides is 1. The van der Waals surface area contributed by atoms with Crippen LogP contribution in [-0.2, 0) is 0 Å². The highest BCUT2D eigenvalue weighted by Gasteiger charge is 2.15. The second kappa shape index (κ2) is 6.43. The smallest absolute Gasteiger partial charge is 0.270 e. The number of halogens is 3. The Morgan fingerprint density at radius 1 is 1.14 bits per heavy atom. The Morgan fingerprint density at radius 2 is 1.86 bits per heavy atom. The van der Waals surface area contributed by atoms with Crippen molar-refractivity contribution >= 4 is 56.4 Å². The number of rotatable bonds is 3. The van der Waals surface area contributed by atoms with Crippen LogP contribution in [0.1, 0.15) is 10.4 Å². The number of nitrogens with one attached hydrogen (secondary N) is 1. The summed E-state index contributed by atoms with van der Waals surface area (Å²) in [6.07, 6.45) is 0. The molecule has 1 amide bonds. The zero-order valence-electron chi connectivity index (χ0n) is 10.3. The fourth-order valence-electron chi connectivity index (χ4n) is 1.57. The number of carbonyl (C=O) groups excluding carboxylic acids is 1. The number of carbonyl (C=O) groups is 1. The summed E-state index contributed by atoms with van der Waals surface area (Å²) >= 11 is 15.0. The van der Waals surface area contributed by atoms with Gasteiger partial charge in [0.25, 0.3) is 11.6 Å². The summed E-state index contributed by atoms with van der Waals surface area (Å²) in [5.74, 6) is -0.468. The van der Waals surface area contributed by atoms with Gasteiger partial charge in [-0.2, -0.15) is 0 Å². The Labute approximate surface area is 138 Å². The molecule has 2 rings (SSSR count). The summed E-state index contributed by atoms with van der Waals surface area (Å²) in [6, 6.07) is 8.55. The van der Waals surface area contributed by atoms with Crippen LogP contribution in [0.2, 0.25) is 10.0 Å². The fraction of sp³-hybridized carbons (Fsp3) is 0. The van der Waals surface area contributed by atoms with E-state index in [-0.39, 0.29) is 16.3 Å². The summed E-state index contributed by atoms with van der Waals surface area (Å²) in [5, 5.41) is 13.8. The molecule has 0 aliphatic rings. The maximum atomic E-state index is 12.1. The normalized spacial score (nSPS) is 10.2. The molecule has 0 aliphatic carbocycles. The van der Waals surface area contributed by atoms with Gasteiger partial charge in [0, 0.05) is 22.3 Å². The number of benzene rings is 2. The molecule has 21 heavy (non-hydrogen) atoms. The third-order valence-electron chi connectivity index (χ3n) is 2.59. The van der Waals surface area contributed by atoms with Gasteiger partial charge in [-0.1, -0.05) is 23.2 Å². The van der Waals surface area contributed by atoms with Crippen LogP contribution in [0.25, 0.3) is 0 Å². The molecule has 0 fully saturated rings. The summed E-state index contributed by atoms with van der Waals surface area (Å²) in [6.45, 7) is 0. The highest BCUT2D eigenvalue weighted by Crippen LogP contribution is 2.27. The largest absolute Gasteiger partial charge is 0.322 e. The summed E-state index contributed by atoms with van der Waals surface area (Å²) in [7, 11) is 0. The average Bonchev–Trinajstić information content (AvgIpc) is 2.42. The maximum absolute atomic E-state index is 12.1. The van der Waals surface area contributed by atoms with E-state index < -0.39 is 10.8 Å². The van der Waals surface area contributed by atoms with Crippen LogP contribution in [-0.4, -0.2) is 10.8 Å². The molecule has 0 saturated carbocycles. The molecule has 0 spiro atoms. The van der Waals surface area contributed by atoms with Crippen LogP contribution in [0.15, 0.2) is 40.9 Å². The third-order valence-corrected chi connectivity index (χ3v) is 4.11. The van der Waals surface area contributed by atoms with Crippen LogP contribution < -0.4 is 5.32 Å². The molecule has 5 nitrogen and oxygen atoms in total. The van der Waals surface area contributed by atoms with Crippen molar-refractivity contribution in [2.75, 3.05) is 5.32 Å². The van der Waals surface area contributed by atoms with E-state index in [0.717, 1.165) is 6.07 Å². The first-order valence-corrected chi connectivity index (χ1v) is 7.13. The van der Waals surface area contributed by atoms with Gasteiger partial charge in [0.2, 0.25) is 0 Å². The fourth-order valence-corrected chi connectivity index (χ4v) is 2.33. The van der Waals surface area contributed by atoms with Crippen LogP contribution >= 0.6 is 39.1 Å². The zero-order chi connectivity index (χ0) is 15.6. The van der Waals surface area contributed by atoms with E-state index in [0.29, 0.717) is 15.2 Å². The van der Waals surface area contributed by atoms with Crippen LogP contribution in [0.3, 0.4) is 0 Å². The molecule has 2 aromatic rings. The maximum Gasteiger partial charge on any atom is 0.270 e. The van der Waals surface area contributed by atoms with Gasteiger partial charge in [0.15, 0.2) is 0 Å². The standard InChI is InChI=1S/C13H7BrCl2N2O3/c14-10-5-7(1-4-11(10)15)17-13(19)9-3-2-8(18(20)21)6-12(9)16/h1-6H,(H,17,19). The molecule has 2 aromatic carbocycles. The molecule has 0 atom stereocenters. The minimum atomic E-state index is -0.579. The van der Waals surface area contributed by atoms with Crippen LogP contribution in [0.5, 0.6) is 0 Å². The number of hydrogen-bond donors (Lipinski definition) is 1. The third kappa shape index (κ3) is 3.72. The lowest BCUT2D eigenvalue weighted by molar-refractivity contribution is -0.384. The van der Waals surface area contributed by atoms with E-state index in [4.69, 9.17) is 23.2 Å². The Kier molecular flexibility index (Phi) is 4.82. The van der Waals surface area contributed by atoms with Gasteiger partial charge < -0.3 is 5.32 Å². The zero-order valence-corrected chi connectivity index (χ0v) is 13.4. The quantitative estimate of drug-likeness (QED) is 0.598. The predicted octanol–water partition coefficient (Wildman–Crippen LogP) is 4.92. The number of nitro groups is 1. The van der Waals surface area contributed by atoms with Crippen molar-refractivity contribution in [3.05, 3.63) is 66.6 Å². The molecule has 0 radical (unpaired) electrons. The van der Waals surface area contributed by atoms with Gasteiger partial charge in [-0.25, -0.2) is 0 Å². The summed E-state index contributed by atoms with van der Waals surface area (Å²) in [5.41, 5.74) is 0.491. The lowest BCUT2D eigenvalue weighted by Gasteiger charge is -2.07. The number of non-ortho nitro benzene ring substituents is 1. The van der Waals surface area contributed by atoms with Gasteiger partial charge in [-0.05, 0) is 40.2 Å². The Morgan fingerprint density at radius 3 is 2.43 bits per heavy atom. The van der Waals surface area contributed by atoms with Crippen molar-refractivity contribution in [3.8, 4) is 0 Å². The molecule has 8 heteroatoms. The number of anilines is 1. The number of nitro benzene ring substituents is 1. The monoisotopic (exact) mass is 388 g/mol. The topological polar surface area (TPSA) is 72.2 Å². The van der Waals surface area contributed by atoms with Crippen molar-refractivity contribution in [1.82, 2.24) is 0 Å². The lowest BCUT2D eigenvalue weighted by Crippen LogP contribution is -2.12. The van der Waals surface area contributed by atoms with Crippen molar-refractivity contribution in [1.29, 1.82) is 0 Å². The van der Waals surface area contributed by atoms with Crippen molar-refractivity contribution in [2.45, 2.75) is 0 Å². The number of nitrogens with zero attached hydrogens (tertiary/aromatic N) is 1. The molecule has 0 bridgehead atoms. The van der Waals surface area contributed by atoms with Gasteiger partial charge in [0.1, 0.15) is 0 Å². The van der Waals surface area contributed by atoms with Crippen LogP contribution in [0, 0.1) is 10.1 Å². The van der Waals surface area contributed by atoms with Crippen LogP contribution in [0.4, 0.5) is 11.4 Å². The second-order valence-corrected chi connectivity index (χ2v) is 5.67. The molecule has 0 unspecified atom stereocenters. The second-order valence-electron chi connectivity index (χ2n) is 4.00. The van der Waals surface area contributed by atoms with E-state index >= 15 is 0 Å². The lowest BCUT2D eigenvalue weighted by atomic mass is 10.2.